The number of amides is 2. The standard InChI is InChI=1S/C19H15F5N2O4/c1-10(17(28)26-15-5-3-2-4-13(15)19(22,23)24)30-16(27)9-25-18(29)12-7-6-11(20)8-14(12)21/h2-8,10H,9H2,1H3,(H,25,29)(H,26,28). The van der Waals surface area contributed by atoms with E-state index in [0.717, 1.165) is 37.3 Å². The number of carbonyl (C=O) groups excluding carboxylic acids is 3. The third-order valence-electron chi connectivity index (χ3n) is 3.74. The summed E-state index contributed by atoms with van der Waals surface area (Å²) >= 11 is 0. The van der Waals surface area contributed by atoms with Crippen molar-refractivity contribution in [3.05, 3.63) is 65.2 Å². The molecule has 1 unspecified atom stereocenters. The van der Waals surface area contributed by atoms with Crippen molar-refractivity contribution in [3.8, 4) is 0 Å². The Morgan fingerprint density at radius 2 is 1.73 bits per heavy atom. The van der Waals surface area contributed by atoms with Gasteiger partial charge in [-0.25, -0.2) is 8.78 Å². The van der Waals surface area contributed by atoms with Gasteiger partial charge in [0.05, 0.1) is 16.8 Å². The molecule has 0 heterocycles. The second-order valence-corrected chi connectivity index (χ2v) is 5.97. The SMILES string of the molecule is CC(OC(=O)CNC(=O)c1ccc(F)cc1F)C(=O)Nc1ccccc1C(F)(F)F. The Hall–Kier alpha value is -3.50. The molecule has 0 saturated heterocycles. The maximum Gasteiger partial charge on any atom is 0.418 e. The molecule has 6 nitrogen and oxygen atoms in total. The molecule has 2 rings (SSSR count). The maximum atomic E-state index is 13.5. The lowest BCUT2D eigenvalue weighted by Crippen LogP contribution is -2.36. The predicted molar refractivity (Wildman–Crippen MR) is 94.3 cm³/mol. The minimum Gasteiger partial charge on any atom is -0.451 e. The summed E-state index contributed by atoms with van der Waals surface area (Å²) in [5.74, 6) is -5.19. The van der Waals surface area contributed by atoms with Crippen molar-refractivity contribution in [2.45, 2.75) is 19.2 Å². The normalized spacial score (nSPS) is 12.1. The number of halogens is 5. The number of anilines is 1. The van der Waals surface area contributed by atoms with Gasteiger partial charge in [0.2, 0.25) is 0 Å². The first-order valence-corrected chi connectivity index (χ1v) is 8.39. The quantitative estimate of drug-likeness (QED) is 0.544. The van der Waals surface area contributed by atoms with E-state index in [1.165, 1.54) is 6.07 Å². The minimum atomic E-state index is -4.70. The van der Waals surface area contributed by atoms with Crippen LogP contribution < -0.4 is 10.6 Å². The molecule has 0 aliphatic heterocycles. The Kier molecular flexibility index (Phi) is 7.09. The highest BCUT2D eigenvalue weighted by Crippen LogP contribution is 2.34. The lowest BCUT2D eigenvalue weighted by molar-refractivity contribution is -0.152. The van der Waals surface area contributed by atoms with Crippen molar-refractivity contribution in [2.24, 2.45) is 0 Å². The number of esters is 1. The lowest BCUT2D eigenvalue weighted by Gasteiger charge is -2.17. The molecule has 0 aliphatic rings. The van der Waals surface area contributed by atoms with Crippen LogP contribution in [-0.4, -0.2) is 30.4 Å². The second kappa shape index (κ2) is 9.33. The second-order valence-electron chi connectivity index (χ2n) is 5.97. The van der Waals surface area contributed by atoms with Crippen molar-refractivity contribution in [1.29, 1.82) is 0 Å². The smallest absolute Gasteiger partial charge is 0.418 e. The van der Waals surface area contributed by atoms with E-state index in [9.17, 15) is 36.3 Å². The minimum absolute atomic E-state index is 0.485. The van der Waals surface area contributed by atoms with Crippen LogP contribution in [0.25, 0.3) is 0 Å². The van der Waals surface area contributed by atoms with Crippen LogP contribution in [0.4, 0.5) is 27.6 Å². The Balaban J connectivity index is 1.91. The molecule has 11 heteroatoms. The first-order chi connectivity index (χ1) is 14.0. The van der Waals surface area contributed by atoms with Gasteiger partial charge in [0.25, 0.3) is 11.8 Å². The Labute approximate surface area is 167 Å². The molecule has 0 spiro atoms. The molecular weight excluding hydrogens is 415 g/mol. The van der Waals surface area contributed by atoms with Gasteiger partial charge in [-0.3, -0.25) is 14.4 Å². The van der Waals surface area contributed by atoms with E-state index < -0.39 is 65.1 Å². The van der Waals surface area contributed by atoms with Crippen LogP contribution in [0.1, 0.15) is 22.8 Å². The first kappa shape index (κ1) is 22.8. The summed E-state index contributed by atoms with van der Waals surface area (Å²) in [4.78, 5) is 35.6. The number of hydrogen-bond acceptors (Lipinski definition) is 4. The fourth-order valence-corrected chi connectivity index (χ4v) is 2.29. The van der Waals surface area contributed by atoms with E-state index >= 15 is 0 Å². The van der Waals surface area contributed by atoms with Gasteiger partial charge in [-0.2, -0.15) is 13.2 Å². The Morgan fingerprint density at radius 1 is 1.07 bits per heavy atom. The van der Waals surface area contributed by atoms with Crippen LogP contribution in [0.15, 0.2) is 42.5 Å². The van der Waals surface area contributed by atoms with Crippen molar-refractivity contribution in [3.63, 3.8) is 0 Å². The monoisotopic (exact) mass is 430 g/mol. The molecular formula is C19H15F5N2O4. The number of hydrogen-bond donors (Lipinski definition) is 2. The van der Waals surface area contributed by atoms with Crippen molar-refractivity contribution < 1.29 is 41.1 Å². The summed E-state index contributed by atoms with van der Waals surface area (Å²) in [5.41, 5.74) is -2.11. The molecule has 30 heavy (non-hydrogen) atoms. The van der Waals surface area contributed by atoms with E-state index in [-0.39, 0.29) is 0 Å². The summed E-state index contributed by atoms with van der Waals surface area (Å²) in [6, 6.07) is 6.45. The molecule has 1 atom stereocenters. The van der Waals surface area contributed by atoms with Gasteiger partial charge in [-0.1, -0.05) is 12.1 Å². The van der Waals surface area contributed by atoms with Crippen LogP contribution in [0, 0.1) is 11.6 Å². The molecule has 2 aromatic carbocycles. The predicted octanol–water partition coefficient (Wildman–Crippen LogP) is 3.28. The summed E-state index contributed by atoms with van der Waals surface area (Å²) in [5, 5.41) is 4.04. The van der Waals surface area contributed by atoms with E-state index in [1.807, 2.05) is 10.6 Å². The highest BCUT2D eigenvalue weighted by Gasteiger charge is 2.34. The summed E-state index contributed by atoms with van der Waals surface area (Å²) < 4.78 is 70.0. The average molecular weight is 430 g/mol. The van der Waals surface area contributed by atoms with Crippen LogP contribution in [0.2, 0.25) is 0 Å². The van der Waals surface area contributed by atoms with Crippen LogP contribution >= 0.6 is 0 Å². The summed E-state index contributed by atoms with van der Waals surface area (Å²) in [6.07, 6.45) is -6.19. The van der Waals surface area contributed by atoms with Gasteiger partial charge in [0.1, 0.15) is 18.2 Å². The fourth-order valence-electron chi connectivity index (χ4n) is 2.29. The van der Waals surface area contributed by atoms with Crippen molar-refractivity contribution in [2.75, 3.05) is 11.9 Å². The largest absolute Gasteiger partial charge is 0.451 e. The average Bonchev–Trinajstić information content (AvgIpc) is 2.65. The van der Waals surface area contributed by atoms with Crippen molar-refractivity contribution >= 4 is 23.5 Å². The lowest BCUT2D eigenvalue weighted by atomic mass is 10.1. The molecule has 0 aromatic heterocycles. The summed E-state index contributed by atoms with van der Waals surface area (Å²) in [6.45, 7) is 0.358. The zero-order valence-electron chi connectivity index (χ0n) is 15.3. The number of benzene rings is 2. The number of para-hydroxylation sites is 1. The zero-order chi connectivity index (χ0) is 22.5. The number of ether oxygens (including phenoxy) is 1. The van der Waals surface area contributed by atoms with E-state index in [1.54, 1.807) is 0 Å². The topological polar surface area (TPSA) is 84.5 Å². The highest BCUT2D eigenvalue weighted by molar-refractivity contribution is 5.97. The highest BCUT2D eigenvalue weighted by atomic mass is 19.4. The third kappa shape index (κ3) is 6.00. The van der Waals surface area contributed by atoms with E-state index in [0.29, 0.717) is 6.07 Å². The van der Waals surface area contributed by atoms with Gasteiger partial charge in [-0.05, 0) is 31.2 Å². The molecule has 0 saturated carbocycles. The molecule has 2 aromatic rings. The molecule has 160 valence electrons. The van der Waals surface area contributed by atoms with Crippen LogP contribution in [-0.2, 0) is 20.5 Å². The van der Waals surface area contributed by atoms with Crippen LogP contribution in [0.5, 0.6) is 0 Å². The number of carbonyl (C=O) groups is 3. The number of alkyl halides is 3. The zero-order valence-corrected chi connectivity index (χ0v) is 15.3. The number of rotatable bonds is 6. The van der Waals surface area contributed by atoms with Gasteiger partial charge >= 0.3 is 12.1 Å². The first-order valence-electron chi connectivity index (χ1n) is 8.39. The third-order valence-corrected chi connectivity index (χ3v) is 3.74. The molecule has 0 fully saturated rings. The maximum absolute atomic E-state index is 13.5. The molecule has 0 bridgehead atoms. The Morgan fingerprint density at radius 3 is 2.37 bits per heavy atom. The molecule has 0 radical (unpaired) electrons. The molecule has 2 N–H and O–H groups in total. The molecule has 0 aliphatic carbocycles. The fraction of sp³-hybridized carbons (Fsp3) is 0.211. The Bertz CT molecular complexity index is 962. The van der Waals surface area contributed by atoms with Crippen molar-refractivity contribution in [1.82, 2.24) is 5.32 Å². The van der Waals surface area contributed by atoms with Gasteiger partial charge in [0, 0.05) is 6.07 Å². The van der Waals surface area contributed by atoms with Gasteiger partial charge in [-0.15, -0.1) is 0 Å². The van der Waals surface area contributed by atoms with Gasteiger partial charge < -0.3 is 15.4 Å². The van der Waals surface area contributed by atoms with E-state index in [4.69, 9.17) is 4.74 Å². The molecule has 2 amide bonds. The number of nitrogens with one attached hydrogen (secondary N) is 2. The van der Waals surface area contributed by atoms with Crippen LogP contribution in [0.3, 0.4) is 0 Å². The van der Waals surface area contributed by atoms with Gasteiger partial charge in [0.15, 0.2) is 6.10 Å². The summed E-state index contributed by atoms with van der Waals surface area (Å²) in [7, 11) is 0. The van der Waals surface area contributed by atoms with E-state index in [2.05, 4.69) is 0 Å².